The molecule has 1 aliphatic heterocycles. The molecular formula is C21H30N4. The predicted octanol–water partition coefficient (Wildman–Crippen LogP) is 4.76. The Hall–Kier alpha value is -2.10. The lowest BCUT2D eigenvalue weighted by atomic mass is 9.85. The van der Waals surface area contributed by atoms with Crippen molar-refractivity contribution in [3.05, 3.63) is 47.2 Å². The third-order valence-electron chi connectivity index (χ3n) is 4.82. The van der Waals surface area contributed by atoms with Crippen LogP contribution in [0, 0.1) is 0 Å². The molecule has 3 rings (SSSR count). The van der Waals surface area contributed by atoms with Gasteiger partial charge in [-0.3, -0.25) is 0 Å². The number of hydrogen-bond acceptors (Lipinski definition) is 4. The molecule has 1 aromatic carbocycles. The molecule has 0 radical (unpaired) electrons. The van der Waals surface area contributed by atoms with Gasteiger partial charge in [-0.25, -0.2) is 4.98 Å². The topological polar surface area (TPSA) is 41.1 Å². The van der Waals surface area contributed by atoms with Gasteiger partial charge in [0, 0.05) is 24.2 Å². The van der Waals surface area contributed by atoms with Gasteiger partial charge in [-0.1, -0.05) is 38.1 Å². The average Bonchev–Trinajstić information content (AvgIpc) is 2.52. The molecule has 1 aromatic heterocycles. The summed E-state index contributed by atoms with van der Waals surface area (Å²) in [5, 5.41) is 3.38. The van der Waals surface area contributed by atoms with Crippen LogP contribution in [-0.4, -0.2) is 21.5 Å². The monoisotopic (exact) mass is 338 g/mol. The normalized spacial score (nSPS) is 16.2. The van der Waals surface area contributed by atoms with Gasteiger partial charge in [0.05, 0.1) is 5.69 Å². The average molecular weight is 338 g/mol. The van der Waals surface area contributed by atoms with Gasteiger partial charge in [0.2, 0.25) is 5.95 Å². The second kappa shape index (κ2) is 6.66. The van der Waals surface area contributed by atoms with Crippen molar-refractivity contribution >= 4 is 11.8 Å². The van der Waals surface area contributed by atoms with Crippen molar-refractivity contribution in [2.45, 2.75) is 72.0 Å². The molecule has 0 bridgehead atoms. The van der Waals surface area contributed by atoms with Crippen LogP contribution in [0.4, 0.5) is 11.8 Å². The maximum atomic E-state index is 4.85. The lowest BCUT2D eigenvalue weighted by Gasteiger charge is -2.44. The van der Waals surface area contributed by atoms with Gasteiger partial charge >= 0.3 is 0 Å². The van der Waals surface area contributed by atoms with E-state index in [-0.39, 0.29) is 5.54 Å². The Bertz CT molecular complexity index is 749. The number of aromatic nitrogens is 2. The standard InChI is InChI=1S/C21H30N4/c1-14(2)18-11-19(24-20(23-18)22-15(3)4)25-13-17-10-8-7-9-16(17)12-21(25,5)6/h7-11,14-15H,12-13H2,1-6H3,(H,22,23,24). The molecule has 0 saturated heterocycles. The lowest BCUT2D eigenvalue weighted by molar-refractivity contribution is 0.427. The Morgan fingerprint density at radius 2 is 1.72 bits per heavy atom. The van der Waals surface area contributed by atoms with E-state index in [1.807, 2.05) is 0 Å². The highest BCUT2D eigenvalue weighted by atomic mass is 15.3. The van der Waals surface area contributed by atoms with E-state index >= 15 is 0 Å². The van der Waals surface area contributed by atoms with E-state index in [4.69, 9.17) is 9.97 Å². The third-order valence-corrected chi connectivity index (χ3v) is 4.82. The molecule has 25 heavy (non-hydrogen) atoms. The highest BCUT2D eigenvalue weighted by molar-refractivity contribution is 5.51. The number of nitrogens with one attached hydrogen (secondary N) is 1. The first-order valence-corrected chi connectivity index (χ1v) is 9.26. The van der Waals surface area contributed by atoms with Crippen molar-refractivity contribution < 1.29 is 0 Å². The summed E-state index contributed by atoms with van der Waals surface area (Å²) in [5.74, 6) is 2.11. The summed E-state index contributed by atoms with van der Waals surface area (Å²) in [5.41, 5.74) is 3.95. The molecule has 4 heteroatoms. The fraction of sp³-hybridized carbons (Fsp3) is 0.524. The zero-order valence-corrected chi connectivity index (χ0v) is 16.3. The summed E-state index contributed by atoms with van der Waals surface area (Å²) < 4.78 is 0. The second-order valence-corrected chi connectivity index (χ2v) is 8.27. The molecule has 0 atom stereocenters. The molecule has 4 nitrogen and oxygen atoms in total. The fourth-order valence-corrected chi connectivity index (χ4v) is 3.43. The van der Waals surface area contributed by atoms with Crippen LogP contribution < -0.4 is 10.2 Å². The molecule has 2 heterocycles. The lowest BCUT2D eigenvalue weighted by Crippen LogP contribution is -2.49. The minimum atomic E-state index is 0.0199. The third kappa shape index (κ3) is 3.78. The summed E-state index contributed by atoms with van der Waals surface area (Å²) in [7, 11) is 0. The van der Waals surface area contributed by atoms with Crippen molar-refractivity contribution in [2.75, 3.05) is 10.2 Å². The molecule has 0 spiro atoms. The largest absolute Gasteiger partial charge is 0.352 e. The van der Waals surface area contributed by atoms with E-state index in [0.29, 0.717) is 12.0 Å². The number of rotatable bonds is 4. The van der Waals surface area contributed by atoms with Crippen molar-refractivity contribution in [1.29, 1.82) is 0 Å². The second-order valence-electron chi connectivity index (χ2n) is 8.27. The first kappa shape index (κ1) is 17.7. The number of fused-ring (bicyclic) bond motifs is 1. The summed E-state index contributed by atoms with van der Waals surface area (Å²) in [6.07, 6.45) is 1.02. The Morgan fingerprint density at radius 1 is 1.04 bits per heavy atom. The van der Waals surface area contributed by atoms with E-state index in [0.717, 1.165) is 30.4 Å². The SMILES string of the molecule is CC(C)Nc1nc(C(C)C)cc(N2Cc3ccccc3CC2(C)C)n1. The number of anilines is 2. The molecule has 1 aliphatic rings. The van der Waals surface area contributed by atoms with Crippen LogP contribution in [0.1, 0.15) is 64.3 Å². The van der Waals surface area contributed by atoms with Crippen LogP contribution in [0.25, 0.3) is 0 Å². The van der Waals surface area contributed by atoms with Crippen molar-refractivity contribution in [1.82, 2.24) is 9.97 Å². The number of nitrogens with zero attached hydrogens (tertiary/aromatic N) is 3. The van der Waals surface area contributed by atoms with Gasteiger partial charge in [0.15, 0.2) is 0 Å². The van der Waals surface area contributed by atoms with Gasteiger partial charge in [-0.15, -0.1) is 0 Å². The van der Waals surface area contributed by atoms with Crippen molar-refractivity contribution in [2.24, 2.45) is 0 Å². The number of hydrogen-bond donors (Lipinski definition) is 1. The van der Waals surface area contributed by atoms with Gasteiger partial charge in [0.25, 0.3) is 0 Å². The van der Waals surface area contributed by atoms with Crippen LogP contribution in [0.3, 0.4) is 0 Å². The van der Waals surface area contributed by atoms with E-state index in [1.54, 1.807) is 0 Å². The van der Waals surface area contributed by atoms with Crippen LogP contribution in [0.5, 0.6) is 0 Å². The summed E-state index contributed by atoms with van der Waals surface area (Å²) in [4.78, 5) is 12.0. The maximum Gasteiger partial charge on any atom is 0.225 e. The van der Waals surface area contributed by atoms with Gasteiger partial charge in [-0.2, -0.15) is 4.98 Å². The van der Waals surface area contributed by atoms with E-state index in [9.17, 15) is 0 Å². The Balaban J connectivity index is 2.03. The van der Waals surface area contributed by atoms with Crippen molar-refractivity contribution in [3.63, 3.8) is 0 Å². The molecule has 0 aliphatic carbocycles. The van der Waals surface area contributed by atoms with E-state index in [2.05, 4.69) is 82.1 Å². The quantitative estimate of drug-likeness (QED) is 0.872. The summed E-state index contributed by atoms with van der Waals surface area (Å²) >= 11 is 0. The summed E-state index contributed by atoms with van der Waals surface area (Å²) in [6.45, 7) is 14.1. The Kier molecular flexibility index (Phi) is 4.72. The van der Waals surface area contributed by atoms with Crippen LogP contribution in [0.15, 0.2) is 30.3 Å². The molecule has 0 amide bonds. The minimum absolute atomic E-state index is 0.0199. The molecular weight excluding hydrogens is 308 g/mol. The molecule has 134 valence electrons. The smallest absolute Gasteiger partial charge is 0.225 e. The molecule has 0 unspecified atom stereocenters. The zero-order valence-electron chi connectivity index (χ0n) is 16.3. The Labute approximate surface area is 151 Å². The molecule has 2 aromatic rings. The van der Waals surface area contributed by atoms with Crippen molar-refractivity contribution in [3.8, 4) is 0 Å². The maximum absolute atomic E-state index is 4.85. The van der Waals surface area contributed by atoms with E-state index < -0.39 is 0 Å². The fourth-order valence-electron chi connectivity index (χ4n) is 3.43. The first-order valence-electron chi connectivity index (χ1n) is 9.26. The first-order chi connectivity index (χ1) is 11.8. The van der Waals surface area contributed by atoms with Gasteiger partial charge in [-0.05, 0) is 51.2 Å². The van der Waals surface area contributed by atoms with Crippen LogP contribution >= 0.6 is 0 Å². The van der Waals surface area contributed by atoms with Crippen LogP contribution in [-0.2, 0) is 13.0 Å². The molecule has 1 N–H and O–H groups in total. The van der Waals surface area contributed by atoms with Crippen LogP contribution in [0.2, 0.25) is 0 Å². The zero-order chi connectivity index (χ0) is 18.2. The van der Waals surface area contributed by atoms with Gasteiger partial charge in [0.1, 0.15) is 5.82 Å². The molecule has 0 saturated carbocycles. The predicted molar refractivity (Wildman–Crippen MR) is 105 cm³/mol. The summed E-state index contributed by atoms with van der Waals surface area (Å²) in [6, 6.07) is 11.2. The highest BCUT2D eigenvalue weighted by Gasteiger charge is 2.34. The van der Waals surface area contributed by atoms with Gasteiger partial charge < -0.3 is 10.2 Å². The molecule has 0 fully saturated rings. The van der Waals surface area contributed by atoms with E-state index in [1.165, 1.54) is 11.1 Å². The minimum Gasteiger partial charge on any atom is -0.352 e. The highest BCUT2D eigenvalue weighted by Crippen LogP contribution is 2.35. The number of benzene rings is 1. The Morgan fingerprint density at radius 3 is 2.36 bits per heavy atom.